The first-order chi connectivity index (χ1) is 8.66. The predicted octanol–water partition coefficient (Wildman–Crippen LogP) is 2.33. The number of carbonyl (C=O) groups excluding carboxylic acids is 1. The molecule has 0 bridgehead atoms. The van der Waals surface area contributed by atoms with Crippen LogP contribution < -0.4 is 10.2 Å². The maximum absolute atomic E-state index is 11.2. The molecule has 3 heteroatoms. The lowest BCUT2D eigenvalue weighted by atomic mass is 10.0. The van der Waals surface area contributed by atoms with Crippen molar-refractivity contribution in [1.29, 1.82) is 0 Å². The first-order valence-electron chi connectivity index (χ1n) is 6.69. The van der Waals surface area contributed by atoms with E-state index in [0.717, 1.165) is 24.6 Å². The van der Waals surface area contributed by atoms with Gasteiger partial charge in [-0.1, -0.05) is 0 Å². The summed E-state index contributed by atoms with van der Waals surface area (Å²) in [6, 6.07) is 7.88. The van der Waals surface area contributed by atoms with Gasteiger partial charge >= 0.3 is 0 Å². The number of anilines is 1. The third-order valence-electron chi connectivity index (χ3n) is 3.75. The number of nitrogens with zero attached hydrogens (tertiary/aromatic N) is 1. The van der Waals surface area contributed by atoms with E-state index >= 15 is 0 Å². The second kappa shape index (κ2) is 6.01. The fourth-order valence-electron chi connectivity index (χ4n) is 2.42. The van der Waals surface area contributed by atoms with Gasteiger partial charge in [0, 0.05) is 24.8 Å². The van der Waals surface area contributed by atoms with Crippen LogP contribution in [0.1, 0.15) is 30.1 Å². The SMILES string of the molecule is CC(=O)c1ccc(N(C)CCC2CCNC2)cc1. The minimum Gasteiger partial charge on any atom is -0.375 e. The van der Waals surface area contributed by atoms with Gasteiger partial charge in [-0.3, -0.25) is 4.79 Å². The Morgan fingerprint density at radius 1 is 1.39 bits per heavy atom. The molecule has 0 radical (unpaired) electrons. The summed E-state index contributed by atoms with van der Waals surface area (Å²) in [4.78, 5) is 13.5. The van der Waals surface area contributed by atoms with Gasteiger partial charge in [0.2, 0.25) is 0 Å². The van der Waals surface area contributed by atoms with Crippen molar-refractivity contribution < 1.29 is 4.79 Å². The van der Waals surface area contributed by atoms with Gasteiger partial charge in [-0.05, 0) is 63.0 Å². The van der Waals surface area contributed by atoms with Gasteiger partial charge < -0.3 is 10.2 Å². The zero-order valence-electron chi connectivity index (χ0n) is 11.3. The van der Waals surface area contributed by atoms with Crippen LogP contribution in [-0.2, 0) is 0 Å². The van der Waals surface area contributed by atoms with E-state index in [1.807, 2.05) is 24.3 Å². The van der Waals surface area contributed by atoms with Crippen molar-refractivity contribution >= 4 is 11.5 Å². The first-order valence-corrected chi connectivity index (χ1v) is 6.69. The van der Waals surface area contributed by atoms with Crippen LogP contribution in [0.4, 0.5) is 5.69 Å². The number of benzene rings is 1. The second-order valence-electron chi connectivity index (χ2n) is 5.17. The summed E-state index contributed by atoms with van der Waals surface area (Å²) in [6.45, 7) is 5.01. The minimum absolute atomic E-state index is 0.126. The van der Waals surface area contributed by atoms with Crippen LogP contribution in [0.5, 0.6) is 0 Å². The Labute approximate surface area is 109 Å². The summed E-state index contributed by atoms with van der Waals surface area (Å²) in [7, 11) is 2.12. The molecule has 0 saturated carbocycles. The van der Waals surface area contributed by atoms with Crippen LogP contribution in [0.25, 0.3) is 0 Å². The molecule has 3 nitrogen and oxygen atoms in total. The molecule has 1 aliphatic rings. The summed E-state index contributed by atoms with van der Waals surface area (Å²) in [6.07, 6.45) is 2.54. The van der Waals surface area contributed by atoms with Crippen LogP contribution in [0, 0.1) is 5.92 Å². The van der Waals surface area contributed by atoms with Crippen molar-refractivity contribution in [3.63, 3.8) is 0 Å². The average Bonchev–Trinajstić information content (AvgIpc) is 2.89. The number of hydrogen-bond donors (Lipinski definition) is 1. The van der Waals surface area contributed by atoms with E-state index in [9.17, 15) is 4.79 Å². The van der Waals surface area contributed by atoms with Crippen molar-refractivity contribution in [3.05, 3.63) is 29.8 Å². The van der Waals surface area contributed by atoms with Crippen molar-refractivity contribution in [1.82, 2.24) is 5.32 Å². The van der Waals surface area contributed by atoms with E-state index in [0.29, 0.717) is 0 Å². The molecule has 1 unspecified atom stereocenters. The third-order valence-corrected chi connectivity index (χ3v) is 3.75. The topological polar surface area (TPSA) is 32.3 Å². The molecule has 98 valence electrons. The van der Waals surface area contributed by atoms with Gasteiger partial charge in [0.25, 0.3) is 0 Å². The largest absolute Gasteiger partial charge is 0.375 e. The molecule has 1 saturated heterocycles. The fraction of sp³-hybridized carbons (Fsp3) is 0.533. The number of rotatable bonds is 5. The Bertz CT molecular complexity index is 393. The van der Waals surface area contributed by atoms with E-state index in [2.05, 4.69) is 17.3 Å². The van der Waals surface area contributed by atoms with Crippen molar-refractivity contribution in [2.24, 2.45) is 5.92 Å². The summed E-state index contributed by atoms with van der Waals surface area (Å²) in [5, 5.41) is 3.40. The smallest absolute Gasteiger partial charge is 0.159 e. The molecule has 1 aliphatic heterocycles. The van der Waals surface area contributed by atoms with Crippen molar-refractivity contribution in [2.45, 2.75) is 19.8 Å². The maximum atomic E-state index is 11.2. The van der Waals surface area contributed by atoms with Crippen molar-refractivity contribution in [2.75, 3.05) is 31.6 Å². The van der Waals surface area contributed by atoms with Gasteiger partial charge in [0.05, 0.1) is 0 Å². The zero-order chi connectivity index (χ0) is 13.0. The van der Waals surface area contributed by atoms with Gasteiger partial charge in [-0.25, -0.2) is 0 Å². The molecule has 0 spiro atoms. The molecule has 0 amide bonds. The number of Topliss-reactive ketones (excluding diaryl/α,β-unsaturated/α-hetero) is 1. The van der Waals surface area contributed by atoms with Crippen LogP contribution in [-0.4, -0.2) is 32.5 Å². The van der Waals surface area contributed by atoms with E-state index in [1.54, 1.807) is 6.92 Å². The Morgan fingerprint density at radius 3 is 2.67 bits per heavy atom. The van der Waals surface area contributed by atoms with Gasteiger partial charge in [-0.15, -0.1) is 0 Å². The average molecular weight is 246 g/mol. The lowest BCUT2D eigenvalue weighted by molar-refractivity contribution is 0.101. The van der Waals surface area contributed by atoms with Gasteiger partial charge in [0.15, 0.2) is 5.78 Å². The fourth-order valence-corrected chi connectivity index (χ4v) is 2.42. The predicted molar refractivity (Wildman–Crippen MR) is 75.3 cm³/mol. The number of nitrogens with one attached hydrogen (secondary N) is 1. The monoisotopic (exact) mass is 246 g/mol. The van der Waals surface area contributed by atoms with E-state index in [1.165, 1.54) is 25.1 Å². The number of carbonyl (C=O) groups is 1. The minimum atomic E-state index is 0.126. The molecule has 1 N–H and O–H groups in total. The third kappa shape index (κ3) is 3.33. The van der Waals surface area contributed by atoms with Crippen LogP contribution >= 0.6 is 0 Å². The molecular weight excluding hydrogens is 224 g/mol. The summed E-state index contributed by atoms with van der Waals surface area (Å²) >= 11 is 0. The molecule has 1 aromatic carbocycles. The number of hydrogen-bond acceptors (Lipinski definition) is 3. The highest BCUT2D eigenvalue weighted by Gasteiger charge is 2.14. The normalized spacial score (nSPS) is 18.9. The van der Waals surface area contributed by atoms with Gasteiger partial charge in [-0.2, -0.15) is 0 Å². The highest BCUT2D eigenvalue weighted by molar-refractivity contribution is 5.94. The highest BCUT2D eigenvalue weighted by atomic mass is 16.1. The quantitative estimate of drug-likeness (QED) is 0.809. The molecule has 1 atom stereocenters. The molecular formula is C15H22N2O. The maximum Gasteiger partial charge on any atom is 0.159 e. The zero-order valence-corrected chi connectivity index (χ0v) is 11.3. The highest BCUT2D eigenvalue weighted by Crippen LogP contribution is 2.17. The van der Waals surface area contributed by atoms with Crippen LogP contribution in [0.3, 0.4) is 0 Å². The molecule has 1 heterocycles. The Hall–Kier alpha value is -1.35. The molecule has 0 aliphatic carbocycles. The van der Waals surface area contributed by atoms with E-state index in [-0.39, 0.29) is 5.78 Å². The van der Waals surface area contributed by atoms with Crippen LogP contribution in [0.15, 0.2) is 24.3 Å². The summed E-state index contributed by atoms with van der Waals surface area (Å²) < 4.78 is 0. The Balaban J connectivity index is 1.87. The lowest BCUT2D eigenvalue weighted by Gasteiger charge is -2.21. The standard InChI is InChI=1S/C15H22N2O/c1-12(18)14-3-5-15(6-4-14)17(2)10-8-13-7-9-16-11-13/h3-6,13,16H,7-11H2,1-2H3. The second-order valence-corrected chi connectivity index (χ2v) is 5.17. The van der Waals surface area contributed by atoms with Crippen LogP contribution in [0.2, 0.25) is 0 Å². The summed E-state index contributed by atoms with van der Waals surface area (Å²) in [5.74, 6) is 0.949. The van der Waals surface area contributed by atoms with Gasteiger partial charge in [0.1, 0.15) is 0 Å². The molecule has 2 rings (SSSR count). The first kappa shape index (κ1) is 13.1. The molecule has 1 fully saturated rings. The summed E-state index contributed by atoms with van der Waals surface area (Å²) in [5.41, 5.74) is 1.97. The molecule has 18 heavy (non-hydrogen) atoms. The number of ketones is 1. The molecule has 0 aromatic heterocycles. The van der Waals surface area contributed by atoms with E-state index in [4.69, 9.17) is 0 Å². The Morgan fingerprint density at radius 2 is 2.11 bits per heavy atom. The van der Waals surface area contributed by atoms with Crippen molar-refractivity contribution in [3.8, 4) is 0 Å². The molecule has 1 aromatic rings. The van der Waals surface area contributed by atoms with E-state index < -0.39 is 0 Å². The Kier molecular flexibility index (Phi) is 4.37. The lowest BCUT2D eigenvalue weighted by Crippen LogP contribution is -2.21.